The number of benzene rings is 1. The third-order valence-corrected chi connectivity index (χ3v) is 5.41. The van der Waals surface area contributed by atoms with Crippen LogP contribution in [-0.2, 0) is 9.59 Å². The smallest absolute Gasteiger partial charge is 0.303 e. The van der Waals surface area contributed by atoms with E-state index in [1.165, 1.54) is 23.9 Å². The summed E-state index contributed by atoms with van der Waals surface area (Å²) in [6, 6.07) is 6.12. The van der Waals surface area contributed by atoms with Gasteiger partial charge in [0.1, 0.15) is 0 Å². The summed E-state index contributed by atoms with van der Waals surface area (Å²) in [6.07, 6.45) is 3.34. The summed E-state index contributed by atoms with van der Waals surface area (Å²) in [4.78, 5) is 36.4. The second-order valence-electron chi connectivity index (χ2n) is 6.12. The predicted octanol–water partition coefficient (Wildman–Crippen LogP) is 3.32. The van der Waals surface area contributed by atoms with Gasteiger partial charge in [0, 0.05) is 36.0 Å². The van der Waals surface area contributed by atoms with E-state index in [2.05, 4.69) is 0 Å². The van der Waals surface area contributed by atoms with Crippen molar-refractivity contribution in [1.29, 1.82) is 0 Å². The van der Waals surface area contributed by atoms with Gasteiger partial charge in [0.05, 0.1) is 10.2 Å². The highest BCUT2D eigenvalue weighted by molar-refractivity contribution is 8.00. The number of rotatable bonds is 7. The lowest BCUT2D eigenvalue weighted by Crippen LogP contribution is -2.47. The number of piperidine rings is 1. The van der Waals surface area contributed by atoms with E-state index in [1.54, 1.807) is 12.1 Å². The molecule has 0 radical (unpaired) electrons. The highest BCUT2D eigenvalue weighted by Crippen LogP contribution is 2.29. The first-order chi connectivity index (χ1) is 11.9. The van der Waals surface area contributed by atoms with Crippen molar-refractivity contribution in [2.24, 2.45) is 0 Å². The standard InChI is InChI=1S/C17H22N2O5S/c1-12(25-15-8-5-14(6-9-15)19(23)24)17(22)18-11-3-2-4-13(18)7-10-16(20)21/h5-6,8-9,12-13H,2-4,7,10-11H2,1H3,(H,20,21). The predicted molar refractivity (Wildman–Crippen MR) is 94.6 cm³/mol. The first-order valence-corrected chi connectivity index (χ1v) is 9.20. The van der Waals surface area contributed by atoms with Crippen molar-refractivity contribution in [3.63, 3.8) is 0 Å². The van der Waals surface area contributed by atoms with Crippen LogP contribution in [0.2, 0.25) is 0 Å². The second kappa shape index (κ2) is 8.84. The molecule has 1 fully saturated rings. The second-order valence-corrected chi connectivity index (χ2v) is 7.54. The minimum atomic E-state index is -0.841. The molecule has 1 aliphatic rings. The van der Waals surface area contributed by atoms with Gasteiger partial charge in [-0.15, -0.1) is 11.8 Å². The summed E-state index contributed by atoms with van der Waals surface area (Å²) in [7, 11) is 0. The Morgan fingerprint density at radius 2 is 2.04 bits per heavy atom. The monoisotopic (exact) mass is 366 g/mol. The summed E-state index contributed by atoms with van der Waals surface area (Å²) >= 11 is 1.36. The van der Waals surface area contributed by atoms with E-state index in [0.29, 0.717) is 13.0 Å². The molecule has 0 aliphatic carbocycles. The number of amides is 1. The number of thioether (sulfide) groups is 1. The highest BCUT2D eigenvalue weighted by atomic mass is 32.2. The molecule has 1 aromatic carbocycles. The Morgan fingerprint density at radius 3 is 2.64 bits per heavy atom. The van der Waals surface area contributed by atoms with Crippen LogP contribution in [-0.4, -0.2) is 44.6 Å². The van der Waals surface area contributed by atoms with Crippen LogP contribution in [0.4, 0.5) is 5.69 Å². The molecule has 1 aromatic rings. The highest BCUT2D eigenvalue weighted by Gasteiger charge is 2.30. The third-order valence-electron chi connectivity index (χ3n) is 4.31. The van der Waals surface area contributed by atoms with Crippen LogP contribution in [0, 0.1) is 10.1 Å². The largest absolute Gasteiger partial charge is 0.481 e. The maximum absolute atomic E-state index is 12.8. The van der Waals surface area contributed by atoms with Crippen molar-refractivity contribution in [2.75, 3.05) is 6.54 Å². The number of nitrogens with zero attached hydrogens (tertiary/aromatic N) is 2. The zero-order valence-corrected chi connectivity index (χ0v) is 14.9. The molecule has 0 aromatic heterocycles. The molecule has 8 heteroatoms. The normalized spacial score (nSPS) is 18.6. The molecule has 7 nitrogen and oxygen atoms in total. The van der Waals surface area contributed by atoms with Gasteiger partial charge in [0.15, 0.2) is 0 Å². The van der Waals surface area contributed by atoms with Crippen molar-refractivity contribution in [3.05, 3.63) is 34.4 Å². The van der Waals surface area contributed by atoms with Gasteiger partial charge in [-0.05, 0) is 44.7 Å². The number of hydrogen-bond acceptors (Lipinski definition) is 5. The van der Waals surface area contributed by atoms with Gasteiger partial charge in [-0.3, -0.25) is 19.7 Å². The third kappa shape index (κ3) is 5.45. The minimum absolute atomic E-state index is 0.00144. The molecule has 1 heterocycles. The van der Waals surface area contributed by atoms with E-state index < -0.39 is 10.9 Å². The SMILES string of the molecule is CC(Sc1ccc([N+](=O)[O-])cc1)C(=O)N1CCCCC1CCC(=O)O. The van der Waals surface area contributed by atoms with E-state index in [0.717, 1.165) is 24.2 Å². The maximum atomic E-state index is 12.8. The molecule has 136 valence electrons. The number of carboxylic acid groups (broad SMARTS) is 1. The summed E-state index contributed by atoms with van der Waals surface area (Å²) in [5, 5.41) is 19.2. The van der Waals surface area contributed by atoms with Crippen molar-refractivity contribution >= 4 is 29.3 Å². The zero-order chi connectivity index (χ0) is 18.4. The van der Waals surface area contributed by atoms with Crippen LogP contribution in [0.3, 0.4) is 0 Å². The molecule has 2 atom stereocenters. The van der Waals surface area contributed by atoms with Crippen LogP contribution in [0.15, 0.2) is 29.2 Å². The summed E-state index contributed by atoms with van der Waals surface area (Å²) < 4.78 is 0. The summed E-state index contributed by atoms with van der Waals surface area (Å²) in [6.45, 7) is 2.48. The lowest BCUT2D eigenvalue weighted by molar-refractivity contribution is -0.384. The van der Waals surface area contributed by atoms with Gasteiger partial charge in [-0.25, -0.2) is 0 Å². The fourth-order valence-corrected chi connectivity index (χ4v) is 3.95. The molecular weight excluding hydrogens is 344 g/mol. The Labute approximate surface area is 150 Å². The summed E-state index contributed by atoms with van der Waals surface area (Å²) in [5.74, 6) is -0.843. The number of nitro groups is 1. The lowest BCUT2D eigenvalue weighted by atomic mass is 9.97. The fourth-order valence-electron chi connectivity index (χ4n) is 3.02. The van der Waals surface area contributed by atoms with E-state index in [9.17, 15) is 19.7 Å². The Balaban J connectivity index is 1.98. The Bertz CT molecular complexity index is 634. The fraction of sp³-hybridized carbons (Fsp3) is 0.529. The van der Waals surface area contributed by atoms with Crippen molar-refractivity contribution in [2.45, 2.75) is 55.2 Å². The van der Waals surface area contributed by atoms with E-state index in [4.69, 9.17) is 5.11 Å². The molecule has 0 bridgehead atoms. The van der Waals surface area contributed by atoms with Gasteiger partial charge in [-0.1, -0.05) is 0 Å². The Kier molecular flexibility index (Phi) is 6.81. The number of carboxylic acids is 1. The number of nitro benzene ring substituents is 1. The molecule has 0 spiro atoms. The van der Waals surface area contributed by atoms with E-state index in [-0.39, 0.29) is 29.3 Å². The molecular formula is C17H22N2O5S. The van der Waals surface area contributed by atoms with Gasteiger partial charge >= 0.3 is 5.97 Å². The first-order valence-electron chi connectivity index (χ1n) is 8.32. The number of aliphatic carboxylic acids is 1. The van der Waals surface area contributed by atoms with Crippen LogP contribution in [0.5, 0.6) is 0 Å². The molecule has 2 unspecified atom stereocenters. The molecule has 1 saturated heterocycles. The lowest BCUT2D eigenvalue weighted by Gasteiger charge is -2.37. The van der Waals surface area contributed by atoms with Crippen LogP contribution < -0.4 is 0 Å². The van der Waals surface area contributed by atoms with Crippen LogP contribution in [0.1, 0.15) is 39.0 Å². The van der Waals surface area contributed by atoms with Crippen LogP contribution >= 0.6 is 11.8 Å². The van der Waals surface area contributed by atoms with E-state index >= 15 is 0 Å². The molecule has 1 N–H and O–H groups in total. The van der Waals surface area contributed by atoms with Crippen molar-refractivity contribution in [3.8, 4) is 0 Å². The van der Waals surface area contributed by atoms with Gasteiger partial charge < -0.3 is 10.0 Å². The first kappa shape index (κ1) is 19.2. The number of likely N-dealkylation sites (tertiary alicyclic amines) is 1. The molecule has 2 rings (SSSR count). The maximum Gasteiger partial charge on any atom is 0.303 e. The van der Waals surface area contributed by atoms with Gasteiger partial charge in [-0.2, -0.15) is 0 Å². The van der Waals surface area contributed by atoms with E-state index in [1.807, 2.05) is 11.8 Å². The molecule has 25 heavy (non-hydrogen) atoms. The molecule has 0 saturated carbocycles. The van der Waals surface area contributed by atoms with Gasteiger partial charge in [0.2, 0.25) is 5.91 Å². The number of non-ortho nitro benzene ring substituents is 1. The average Bonchev–Trinajstić information content (AvgIpc) is 2.60. The topological polar surface area (TPSA) is 101 Å². The number of carbonyl (C=O) groups is 2. The molecule has 1 amide bonds. The Morgan fingerprint density at radius 1 is 1.36 bits per heavy atom. The van der Waals surface area contributed by atoms with Crippen molar-refractivity contribution in [1.82, 2.24) is 4.90 Å². The number of hydrogen-bond donors (Lipinski definition) is 1. The molecule has 1 aliphatic heterocycles. The number of carbonyl (C=O) groups excluding carboxylic acids is 1. The minimum Gasteiger partial charge on any atom is -0.481 e. The van der Waals surface area contributed by atoms with Crippen LogP contribution in [0.25, 0.3) is 0 Å². The van der Waals surface area contributed by atoms with Gasteiger partial charge in [0.25, 0.3) is 5.69 Å². The Hall–Kier alpha value is -2.09. The zero-order valence-electron chi connectivity index (χ0n) is 14.1. The summed E-state index contributed by atoms with van der Waals surface area (Å²) in [5.41, 5.74) is 0.0214. The quantitative estimate of drug-likeness (QED) is 0.451. The van der Waals surface area contributed by atoms with Crippen molar-refractivity contribution < 1.29 is 19.6 Å². The average molecular weight is 366 g/mol.